The quantitative estimate of drug-likeness (QED) is 0.581. The molecule has 1 saturated carbocycles. The molecular weight excluding hydrogens is 412 g/mol. The number of ether oxygens (including phenoxy) is 5. The minimum atomic E-state index is -1.06. The monoisotopic (exact) mass is 440 g/mol. The van der Waals surface area contributed by atoms with Crippen LogP contribution >= 0.6 is 0 Å². The summed E-state index contributed by atoms with van der Waals surface area (Å²) < 4.78 is 29.8. The Morgan fingerprint density at radius 3 is 2.09 bits per heavy atom. The molecule has 0 bridgehead atoms. The lowest BCUT2D eigenvalue weighted by molar-refractivity contribution is -0.203. The SMILES string of the molecule is CC(=O)O[C@H]1O[C@@H]2[C@H](OCc3ccccc3)CC[C@]2(OCc2ccccc2)[C@H]1OC(C)=O. The summed E-state index contributed by atoms with van der Waals surface area (Å²) in [6, 6.07) is 19.6. The van der Waals surface area contributed by atoms with Gasteiger partial charge in [0, 0.05) is 13.8 Å². The zero-order valence-electron chi connectivity index (χ0n) is 18.3. The lowest BCUT2D eigenvalue weighted by atomic mass is 9.93. The molecule has 32 heavy (non-hydrogen) atoms. The first-order chi connectivity index (χ1) is 15.5. The molecule has 170 valence electrons. The number of carbonyl (C=O) groups excluding carboxylic acids is 2. The minimum Gasteiger partial charge on any atom is -0.453 e. The van der Waals surface area contributed by atoms with Crippen molar-refractivity contribution in [3.05, 3.63) is 71.8 Å². The Hall–Kier alpha value is -2.74. The van der Waals surface area contributed by atoms with Gasteiger partial charge >= 0.3 is 11.9 Å². The maximum atomic E-state index is 11.9. The molecule has 0 spiro atoms. The van der Waals surface area contributed by atoms with Gasteiger partial charge in [-0.1, -0.05) is 60.7 Å². The van der Waals surface area contributed by atoms with Crippen LogP contribution in [0.4, 0.5) is 0 Å². The van der Waals surface area contributed by atoms with Gasteiger partial charge in [-0.2, -0.15) is 0 Å². The van der Waals surface area contributed by atoms with Gasteiger partial charge in [-0.05, 0) is 24.0 Å². The Kier molecular flexibility index (Phi) is 6.89. The van der Waals surface area contributed by atoms with Gasteiger partial charge in [-0.15, -0.1) is 0 Å². The van der Waals surface area contributed by atoms with Crippen LogP contribution < -0.4 is 0 Å². The fourth-order valence-electron chi connectivity index (χ4n) is 4.49. The summed E-state index contributed by atoms with van der Waals surface area (Å²) in [6.45, 7) is 3.33. The predicted octanol–water partition coefficient (Wildman–Crippen LogP) is 3.54. The van der Waals surface area contributed by atoms with E-state index in [1.54, 1.807) is 0 Å². The van der Waals surface area contributed by atoms with E-state index in [9.17, 15) is 9.59 Å². The third kappa shape index (κ3) is 4.85. The van der Waals surface area contributed by atoms with Crippen molar-refractivity contribution in [1.82, 2.24) is 0 Å². The summed E-state index contributed by atoms with van der Waals surface area (Å²) in [5.74, 6) is -1.01. The third-order valence-electron chi connectivity index (χ3n) is 5.88. The number of hydrogen-bond donors (Lipinski definition) is 0. The van der Waals surface area contributed by atoms with E-state index in [-0.39, 0.29) is 6.10 Å². The van der Waals surface area contributed by atoms with E-state index in [1.807, 2.05) is 60.7 Å². The van der Waals surface area contributed by atoms with Crippen LogP contribution in [0.15, 0.2) is 60.7 Å². The van der Waals surface area contributed by atoms with Crippen LogP contribution in [0.2, 0.25) is 0 Å². The van der Waals surface area contributed by atoms with Crippen LogP contribution in [0.1, 0.15) is 37.8 Å². The van der Waals surface area contributed by atoms with Crippen LogP contribution in [-0.2, 0) is 46.5 Å². The van der Waals surface area contributed by atoms with E-state index in [0.717, 1.165) is 11.1 Å². The number of hydrogen-bond acceptors (Lipinski definition) is 7. The third-order valence-corrected chi connectivity index (χ3v) is 5.88. The fourth-order valence-corrected chi connectivity index (χ4v) is 4.49. The number of esters is 2. The molecule has 0 aromatic heterocycles. The number of benzene rings is 2. The highest BCUT2D eigenvalue weighted by atomic mass is 16.8. The summed E-state index contributed by atoms with van der Waals surface area (Å²) >= 11 is 0. The van der Waals surface area contributed by atoms with Crippen molar-refractivity contribution in [3.8, 4) is 0 Å². The predicted molar refractivity (Wildman–Crippen MR) is 114 cm³/mol. The molecule has 4 rings (SSSR count). The van der Waals surface area contributed by atoms with Gasteiger partial charge < -0.3 is 23.7 Å². The van der Waals surface area contributed by atoms with Crippen molar-refractivity contribution in [2.24, 2.45) is 0 Å². The number of carbonyl (C=O) groups is 2. The van der Waals surface area contributed by atoms with Gasteiger partial charge in [0.15, 0.2) is 6.10 Å². The van der Waals surface area contributed by atoms with Gasteiger partial charge in [0.05, 0.1) is 19.3 Å². The molecule has 1 aliphatic carbocycles. The van der Waals surface area contributed by atoms with Crippen LogP contribution in [-0.4, -0.2) is 42.1 Å². The summed E-state index contributed by atoms with van der Waals surface area (Å²) in [5, 5.41) is 0. The second-order valence-corrected chi connectivity index (χ2v) is 8.17. The molecule has 5 atom stereocenters. The Labute approximate surface area is 187 Å². The molecular formula is C25H28O7. The molecule has 0 unspecified atom stereocenters. The van der Waals surface area contributed by atoms with E-state index in [4.69, 9.17) is 23.7 Å². The van der Waals surface area contributed by atoms with Crippen molar-refractivity contribution < 1.29 is 33.3 Å². The highest BCUT2D eigenvalue weighted by molar-refractivity contribution is 5.67. The molecule has 2 aliphatic rings. The van der Waals surface area contributed by atoms with E-state index in [1.165, 1.54) is 13.8 Å². The van der Waals surface area contributed by atoms with E-state index < -0.39 is 36.0 Å². The molecule has 1 heterocycles. The average molecular weight is 440 g/mol. The standard InChI is InChI=1S/C25H28O7/c1-17(26)30-23-24(31-18(2)27)32-22-21(28-15-19-9-5-3-6-10-19)13-14-25(22,23)29-16-20-11-7-4-8-12-20/h3-12,21-24H,13-16H2,1-2H3/t21-,22-,23+,24+,25-/m1/s1. The first kappa shape index (κ1) is 22.5. The first-order valence-electron chi connectivity index (χ1n) is 10.8. The van der Waals surface area contributed by atoms with Gasteiger partial charge in [0.1, 0.15) is 11.7 Å². The van der Waals surface area contributed by atoms with Crippen LogP contribution in [0.5, 0.6) is 0 Å². The average Bonchev–Trinajstić information content (AvgIpc) is 3.26. The smallest absolute Gasteiger partial charge is 0.305 e. The van der Waals surface area contributed by atoms with Gasteiger partial charge in [0.25, 0.3) is 0 Å². The van der Waals surface area contributed by atoms with Gasteiger partial charge in [0.2, 0.25) is 6.29 Å². The van der Waals surface area contributed by atoms with E-state index in [2.05, 4.69) is 0 Å². The molecule has 1 aliphatic heterocycles. The van der Waals surface area contributed by atoms with Crippen molar-refractivity contribution in [2.75, 3.05) is 0 Å². The molecule has 2 fully saturated rings. The second-order valence-electron chi connectivity index (χ2n) is 8.17. The van der Waals surface area contributed by atoms with E-state index in [0.29, 0.717) is 26.1 Å². The fraction of sp³-hybridized carbons (Fsp3) is 0.440. The second kappa shape index (κ2) is 9.81. The lowest BCUT2D eigenvalue weighted by Gasteiger charge is -2.34. The van der Waals surface area contributed by atoms with Crippen LogP contribution in [0, 0.1) is 0 Å². The van der Waals surface area contributed by atoms with Crippen molar-refractivity contribution in [3.63, 3.8) is 0 Å². The summed E-state index contributed by atoms with van der Waals surface area (Å²) in [4.78, 5) is 23.6. The molecule has 2 aromatic carbocycles. The summed E-state index contributed by atoms with van der Waals surface area (Å²) in [7, 11) is 0. The molecule has 0 N–H and O–H groups in total. The van der Waals surface area contributed by atoms with E-state index >= 15 is 0 Å². The minimum absolute atomic E-state index is 0.301. The summed E-state index contributed by atoms with van der Waals surface area (Å²) in [5.41, 5.74) is 1.04. The highest BCUT2D eigenvalue weighted by Crippen LogP contribution is 2.49. The molecule has 7 nitrogen and oxygen atoms in total. The van der Waals surface area contributed by atoms with Gasteiger partial charge in [-0.25, -0.2) is 0 Å². The summed E-state index contributed by atoms with van der Waals surface area (Å²) in [6.07, 6.45) is -1.59. The van der Waals surface area contributed by atoms with Crippen molar-refractivity contribution in [2.45, 2.75) is 70.1 Å². The van der Waals surface area contributed by atoms with Crippen molar-refractivity contribution >= 4 is 11.9 Å². The number of fused-ring (bicyclic) bond motifs is 1. The maximum absolute atomic E-state index is 11.9. The molecule has 0 amide bonds. The normalized spacial score (nSPS) is 28.8. The van der Waals surface area contributed by atoms with Crippen LogP contribution in [0.25, 0.3) is 0 Å². The van der Waals surface area contributed by atoms with Crippen molar-refractivity contribution in [1.29, 1.82) is 0 Å². The Morgan fingerprint density at radius 1 is 0.906 bits per heavy atom. The molecule has 7 heteroatoms. The van der Waals surface area contributed by atoms with Gasteiger partial charge in [-0.3, -0.25) is 9.59 Å². The Morgan fingerprint density at radius 2 is 1.50 bits per heavy atom. The Bertz CT molecular complexity index is 916. The largest absolute Gasteiger partial charge is 0.453 e. The molecule has 0 radical (unpaired) electrons. The Balaban J connectivity index is 1.58. The zero-order valence-corrected chi connectivity index (χ0v) is 18.3. The highest BCUT2D eigenvalue weighted by Gasteiger charge is 2.66. The zero-order chi connectivity index (χ0) is 22.6. The maximum Gasteiger partial charge on any atom is 0.305 e. The molecule has 2 aromatic rings. The molecule has 1 saturated heterocycles. The lowest BCUT2D eigenvalue weighted by Crippen LogP contribution is -2.51. The topological polar surface area (TPSA) is 80.3 Å². The first-order valence-corrected chi connectivity index (χ1v) is 10.8. The van der Waals surface area contributed by atoms with Crippen LogP contribution in [0.3, 0.4) is 0 Å². The number of rotatable bonds is 8.